The molecule has 0 saturated carbocycles. The Labute approximate surface area is 249 Å². The van der Waals surface area contributed by atoms with Crippen LogP contribution in [-0.2, 0) is 4.79 Å². The topological polar surface area (TPSA) is 103 Å². The van der Waals surface area contributed by atoms with Crippen LogP contribution in [0.5, 0.6) is 17.2 Å². The Kier molecular flexibility index (Phi) is 9.00. The van der Waals surface area contributed by atoms with Crippen LogP contribution in [0, 0.1) is 0 Å². The van der Waals surface area contributed by atoms with Crippen LogP contribution < -0.4 is 19.6 Å². The largest absolute Gasteiger partial charge is 0.483 e. The third kappa shape index (κ3) is 7.07. The summed E-state index contributed by atoms with van der Waals surface area (Å²) in [6.07, 6.45) is 1.32. The van der Waals surface area contributed by atoms with Crippen molar-refractivity contribution in [2.45, 2.75) is 0 Å². The highest BCUT2D eigenvalue weighted by atomic mass is 79.9. The van der Waals surface area contributed by atoms with Crippen molar-refractivity contribution in [3.63, 3.8) is 0 Å². The number of hydrogen-bond donors (Lipinski definition) is 1. The maximum Gasteiger partial charge on any atom is 0.343 e. The predicted octanol–water partition coefficient (Wildman–Crippen LogP) is 6.57. The van der Waals surface area contributed by atoms with Gasteiger partial charge in [0.1, 0.15) is 17.2 Å². The van der Waals surface area contributed by atoms with Crippen molar-refractivity contribution in [1.82, 2.24) is 5.43 Å². The van der Waals surface area contributed by atoms with Crippen LogP contribution in [0.1, 0.15) is 26.3 Å². The first-order chi connectivity index (χ1) is 20.5. The second-order valence-corrected chi connectivity index (χ2v) is 9.68. The molecule has 0 spiro atoms. The molecule has 0 heterocycles. The van der Waals surface area contributed by atoms with Gasteiger partial charge in [0.05, 0.1) is 21.8 Å². The first-order valence-electron chi connectivity index (χ1n) is 12.8. The van der Waals surface area contributed by atoms with Gasteiger partial charge in [-0.1, -0.05) is 66.7 Å². The van der Waals surface area contributed by atoms with Gasteiger partial charge in [-0.3, -0.25) is 4.79 Å². The highest BCUT2D eigenvalue weighted by Crippen LogP contribution is 2.33. The van der Waals surface area contributed by atoms with E-state index in [9.17, 15) is 14.4 Å². The Bertz CT molecular complexity index is 1770. The van der Waals surface area contributed by atoms with Gasteiger partial charge in [-0.25, -0.2) is 15.0 Å². The SMILES string of the molecule is O=C(COc1ccc2ccccc2c1Br)N/N=C\c1ccc(OC(=O)c2ccccc2)cc1OC(=O)c1ccccc1. The van der Waals surface area contributed by atoms with Crippen molar-refractivity contribution < 1.29 is 28.6 Å². The molecule has 0 radical (unpaired) electrons. The van der Waals surface area contributed by atoms with Crippen molar-refractivity contribution in [3.05, 3.63) is 136 Å². The maximum atomic E-state index is 12.8. The Morgan fingerprint density at radius 1 is 0.714 bits per heavy atom. The Morgan fingerprint density at radius 3 is 2.07 bits per heavy atom. The molecular weight excluding hydrogens is 600 g/mol. The molecule has 5 aromatic rings. The molecule has 0 aliphatic carbocycles. The summed E-state index contributed by atoms with van der Waals surface area (Å²) in [7, 11) is 0. The van der Waals surface area contributed by atoms with E-state index in [0.717, 1.165) is 15.2 Å². The Balaban J connectivity index is 1.28. The zero-order valence-electron chi connectivity index (χ0n) is 22.0. The first kappa shape index (κ1) is 28.3. The number of carbonyl (C=O) groups is 3. The van der Waals surface area contributed by atoms with Crippen molar-refractivity contribution in [2.75, 3.05) is 6.61 Å². The first-order valence-corrected chi connectivity index (χ1v) is 13.6. The highest BCUT2D eigenvalue weighted by Gasteiger charge is 2.15. The standard InChI is InChI=1S/C33H23BrN2O6/c34-31-27-14-8-7-9-22(27)16-18-28(31)40-21-30(37)36-35-20-25-15-17-26(41-32(38)23-10-3-1-4-11-23)19-29(25)42-33(39)24-12-5-2-6-13-24/h1-20H,21H2,(H,36,37)/b35-20-. The summed E-state index contributed by atoms with van der Waals surface area (Å²) in [6.45, 7) is -0.279. The number of ether oxygens (including phenoxy) is 3. The normalized spacial score (nSPS) is 10.8. The van der Waals surface area contributed by atoms with E-state index in [1.807, 2.05) is 30.3 Å². The van der Waals surface area contributed by atoms with Gasteiger partial charge in [0.25, 0.3) is 5.91 Å². The van der Waals surface area contributed by atoms with Crippen LogP contribution in [0.4, 0.5) is 0 Å². The molecule has 0 bridgehead atoms. The smallest absolute Gasteiger partial charge is 0.343 e. The molecule has 9 heteroatoms. The summed E-state index contributed by atoms with van der Waals surface area (Å²) >= 11 is 3.53. The molecular formula is C33H23BrN2O6. The highest BCUT2D eigenvalue weighted by molar-refractivity contribution is 9.10. The molecule has 0 saturated heterocycles. The molecule has 42 heavy (non-hydrogen) atoms. The number of nitrogens with zero attached hydrogens (tertiary/aromatic N) is 1. The van der Waals surface area contributed by atoms with Crippen LogP contribution in [-0.4, -0.2) is 30.7 Å². The number of esters is 2. The third-order valence-corrected chi connectivity index (χ3v) is 6.81. The molecule has 0 fully saturated rings. The van der Waals surface area contributed by atoms with E-state index in [-0.39, 0.29) is 18.1 Å². The van der Waals surface area contributed by atoms with E-state index in [1.54, 1.807) is 72.8 Å². The quantitative estimate of drug-likeness (QED) is 0.0863. The molecule has 1 N–H and O–H groups in total. The van der Waals surface area contributed by atoms with Gasteiger partial charge in [-0.2, -0.15) is 5.10 Å². The second-order valence-electron chi connectivity index (χ2n) is 8.89. The molecule has 0 aliphatic rings. The second kappa shape index (κ2) is 13.4. The number of halogens is 1. The van der Waals surface area contributed by atoms with Crippen LogP contribution in [0.25, 0.3) is 10.8 Å². The minimum absolute atomic E-state index is 0.0801. The summed E-state index contributed by atoms with van der Waals surface area (Å²) in [5, 5.41) is 5.99. The minimum atomic E-state index is -0.616. The molecule has 208 valence electrons. The summed E-state index contributed by atoms with van der Waals surface area (Å²) < 4.78 is 17.5. The maximum absolute atomic E-state index is 12.8. The van der Waals surface area contributed by atoms with Gasteiger partial charge < -0.3 is 14.2 Å². The third-order valence-electron chi connectivity index (χ3n) is 6.00. The molecule has 0 aliphatic heterocycles. The lowest BCUT2D eigenvalue weighted by atomic mass is 10.1. The number of nitrogens with one attached hydrogen (secondary N) is 1. The van der Waals surface area contributed by atoms with Gasteiger partial charge >= 0.3 is 11.9 Å². The van der Waals surface area contributed by atoms with E-state index in [0.29, 0.717) is 22.4 Å². The van der Waals surface area contributed by atoms with E-state index < -0.39 is 17.8 Å². The molecule has 5 rings (SSSR count). The monoisotopic (exact) mass is 622 g/mol. The van der Waals surface area contributed by atoms with Crippen molar-refractivity contribution >= 4 is 50.8 Å². The summed E-state index contributed by atoms with van der Waals surface area (Å²) in [5.74, 6) is -0.921. The number of rotatable bonds is 9. The lowest BCUT2D eigenvalue weighted by Crippen LogP contribution is -2.24. The van der Waals surface area contributed by atoms with Crippen LogP contribution in [0.3, 0.4) is 0 Å². The number of hydrazone groups is 1. The molecule has 1 amide bonds. The number of benzene rings is 5. The number of amides is 1. The van der Waals surface area contributed by atoms with Gasteiger partial charge in [0, 0.05) is 11.6 Å². The number of hydrogen-bond acceptors (Lipinski definition) is 7. The lowest BCUT2D eigenvalue weighted by Gasteiger charge is -2.11. The van der Waals surface area contributed by atoms with E-state index >= 15 is 0 Å². The number of carbonyl (C=O) groups excluding carboxylic acids is 3. The lowest BCUT2D eigenvalue weighted by molar-refractivity contribution is -0.123. The van der Waals surface area contributed by atoms with Gasteiger partial charge in [-0.05, 0) is 69.2 Å². The minimum Gasteiger partial charge on any atom is -0.483 e. The fraction of sp³-hybridized carbons (Fsp3) is 0.0303. The molecule has 0 atom stereocenters. The Morgan fingerprint density at radius 2 is 1.36 bits per heavy atom. The van der Waals surface area contributed by atoms with Crippen LogP contribution in [0.15, 0.2) is 125 Å². The van der Waals surface area contributed by atoms with Crippen LogP contribution >= 0.6 is 15.9 Å². The number of fused-ring (bicyclic) bond motifs is 1. The Hall–Kier alpha value is -5.28. The molecule has 5 aromatic carbocycles. The van der Waals surface area contributed by atoms with Gasteiger partial charge in [-0.15, -0.1) is 0 Å². The molecule has 0 unspecified atom stereocenters. The van der Waals surface area contributed by atoms with Crippen molar-refractivity contribution in [3.8, 4) is 17.2 Å². The average Bonchev–Trinajstić information content (AvgIpc) is 3.02. The van der Waals surface area contributed by atoms with Crippen LogP contribution in [0.2, 0.25) is 0 Å². The van der Waals surface area contributed by atoms with Crippen molar-refractivity contribution in [1.29, 1.82) is 0 Å². The summed E-state index contributed by atoms with van der Waals surface area (Å²) in [4.78, 5) is 37.7. The fourth-order valence-electron chi connectivity index (χ4n) is 3.92. The predicted molar refractivity (Wildman–Crippen MR) is 162 cm³/mol. The summed E-state index contributed by atoms with van der Waals surface area (Å²) in [6, 6.07) is 32.9. The van der Waals surface area contributed by atoms with E-state index in [2.05, 4.69) is 26.5 Å². The van der Waals surface area contributed by atoms with Crippen molar-refractivity contribution in [2.24, 2.45) is 5.10 Å². The molecule has 8 nitrogen and oxygen atoms in total. The van der Waals surface area contributed by atoms with E-state index in [1.165, 1.54) is 18.3 Å². The zero-order chi connectivity index (χ0) is 29.3. The average molecular weight is 623 g/mol. The summed E-state index contributed by atoms with van der Waals surface area (Å²) in [5.41, 5.74) is 3.46. The molecule has 0 aromatic heterocycles. The van der Waals surface area contributed by atoms with Gasteiger partial charge in [0.15, 0.2) is 6.61 Å². The van der Waals surface area contributed by atoms with Gasteiger partial charge in [0.2, 0.25) is 0 Å². The van der Waals surface area contributed by atoms with E-state index in [4.69, 9.17) is 14.2 Å². The fourth-order valence-corrected chi connectivity index (χ4v) is 4.53. The zero-order valence-corrected chi connectivity index (χ0v) is 23.6.